The number of hydrogen-bond donors (Lipinski definition) is 0. The summed E-state index contributed by atoms with van der Waals surface area (Å²) in [6.45, 7) is 6.00. The molecule has 0 aliphatic heterocycles. The minimum atomic E-state index is 0.188. The minimum Gasteiger partial charge on any atom is -0.294 e. The van der Waals surface area contributed by atoms with Crippen molar-refractivity contribution in [1.82, 2.24) is 0 Å². The van der Waals surface area contributed by atoms with E-state index < -0.39 is 0 Å². The fourth-order valence-corrected chi connectivity index (χ4v) is 2.24. The van der Waals surface area contributed by atoms with Crippen molar-refractivity contribution in [2.45, 2.75) is 46.5 Å². The zero-order chi connectivity index (χ0) is 12.7. The van der Waals surface area contributed by atoms with Gasteiger partial charge >= 0.3 is 0 Å². The molecule has 0 saturated heterocycles. The monoisotopic (exact) mass is 230 g/mol. The third kappa shape index (κ3) is 3.85. The maximum absolute atomic E-state index is 11.9. The van der Waals surface area contributed by atoms with Gasteiger partial charge in [-0.15, -0.1) is 0 Å². The van der Waals surface area contributed by atoms with Gasteiger partial charge in [-0.1, -0.05) is 62.6 Å². The second-order valence-electron chi connectivity index (χ2n) is 4.40. The van der Waals surface area contributed by atoms with Gasteiger partial charge in [-0.2, -0.15) is 0 Å². The van der Waals surface area contributed by atoms with Crippen LogP contribution in [-0.2, 0) is 4.79 Å². The first kappa shape index (κ1) is 13.7. The molecule has 0 spiro atoms. The van der Waals surface area contributed by atoms with Crippen molar-refractivity contribution in [3.8, 4) is 0 Å². The largest absolute Gasteiger partial charge is 0.294 e. The van der Waals surface area contributed by atoms with Crippen molar-refractivity contribution < 1.29 is 4.79 Å². The topological polar surface area (TPSA) is 17.1 Å². The molecule has 0 radical (unpaired) electrons. The lowest BCUT2D eigenvalue weighted by Crippen LogP contribution is -2.01. The van der Waals surface area contributed by atoms with Crippen LogP contribution < -0.4 is 0 Å². The lowest BCUT2D eigenvalue weighted by molar-refractivity contribution is -0.111. The molecule has 0 bridgehead atoms. The van der Waals surface area contributed by atoms with E-state index in [0.717, 1.165) is 36.8 Å². The molecule has 0 fully saturated rings. The zero-order valence-electron chi connectivity index (χ0n) is 11.1. The molecule has 0 N–H and O–H groups in total. The molecule has 0 aliphatic carbocycles. The van der Waals surface area contributed by atoms with Gasteiger partial charge in [0.2, 0.25) is 0 Å². The number of ketones is 1. The van der Waals surface area contributed by atoms with Crippen LogP contribution in [0.25, 0.3) is 5.57 Å². The summed E-state index contributed by atoms with van der Waals surface area (Å²) < 4.78 is 0. The Bertz CT molecular complexity index is 379. The van der Waals surface area contributed by atoms with Gasteiger partial charge < -0.3 is 0 Å². The number of rotatable bonds is 6. The molecule has 0 heterocycles. The second kappa shape index (κ2) is 7.05. The smallest absolute Gasteiger partial charge is 0.160 e. The van der Waals surface area contributed by atoms with Crippen LogP contribution in [0.15, 0.2) is 35.9 Å². The number of allylic oxidation sites excluding steroid dienone is 2. The van der Waals surface area contributed by atoms with Gasteiger partial charge in [-0.25, -0.2) is 0 Å². The zero-order valence-corrected chi connectivity index (χ0v) is 11.1. The average Bonchev–Trinajstić information content (AvgIpc) is 2.31. The van der Waals surface area contributed by atoms with Crippen molar-refractivity contribution in [1.29, 1.82) is 0 Å². The SMILES string of the molecule is CCCC(CCC)=C(C(C)=O)c1ccccc1. The van der Waals surface area contributed by atoms with E-state index in [0.29, 0.717) is 0 Å². The Morgan fingerprint density at radius 2 is 1.53 bits per heavy atom. The molecule has 0 amide bonds. The number of benzene rings is 1. The van der Waals surface area contributed by atoms with Gasteiger partial charge in [0.1, 0.15) is 0 Å². The summed E-state index contributed by atoms with van der Waals surface area (Å²) in [5.41, 5.74) is 3.32. The predicted octanol–water partition coefficient (Wildman–Crippen LogP) is 4.63. The predicted molar refractivity (Wildman–Crippen MR) is 73.9 cm³/mol. The van der Waals surface area contributed by atoms with Crippen molar-refractivity contribution in [3.05, 3.63) is 41.5 Å². The van der Waals surface area contributed by atoms with E-state index >= 15 is 0 Å². The highest BCUT2D eigenvalue weighted by atomic mass is 16.1. The van der Waals surface area contributed by atoms with Crippen LogP contribution in [0.1, 0.15) is 52.0 Å². The van der Waals surface area contributed by atoms with Crippen LogP contribution in [0.5, 0.6) is 0 Å². The molecule has 1 aromatic carbocycles. The Labute approximate surface area is 105 Å². The van der Waals surface area contributed by atoms with Crippen LogP contribution >= 0.6 is 0 Å². The average molecular weight is 230 g/mol. The third-order valence-corrected chi connectivity index (χ3v) is 2.87. The summed E-state index contributed by atoms with van der Waals surface area (Å²) in [6.07, 6.45) is 4.24. The lowest BCUT2D eigenvalue weighted by atomic mass is 9.91. The molecule has 17 heavy (non-hydrogen) atoms. The van der Waals surface area contributed by atoms with Crippen LogP contribution in [0, 0.1) is 0 Å². The summed E-state index contributed by atoms with van der Waals surface area (Å²) in [5.74, 6) is 0.188. The Morgan fingerprint density at radius 1 is 1.00 bits per heavy atom. The highest BCUT2D eigenvalue weighted by molar-refractivity contribution is 6.20. The van der Waals surface area contributed by atoms with E-state index in [9.17, 15) is 4.79 Å². The Balaban J connectivity index is 3.21. The van der Waals surface area contributed by atoms with E-state index in [1.54, 1.807) is 6.92 Å². The molecule has 0 aliphatic rings. The van der Waals surface area contributed by atoms with Crippen molar-refractivity contribution in [2.24, 2.45) is 0 Å². The van der Waals surface area contributed by atoms with Gasteiger partial charge in [-0.05, 0) is 25.3 Å². The second-order valence-corrected chi connectivity index (χ2v) is 4.40. The fourth-order valence-electron chi connectivity index (χ4n) is 2.24. The summed E-state index contributed by atoms with van der Waals surface area (Å²) in [5, 5.41) is 0. The highest BCUT2D eigenvalue weighted by Crippen LogP contribution is 2.26. The minimum absolute atomic E-state index is 0.188. The molecule has 0 saturated carbocycles. The standard InChI is InChI=1S/C16H22O/c1-4-9-14(10-5-2)16(13(3)17)15-11-7-6-8-12-15/h6-8,11-12H,4-5,9-10H2,1-3H3. The molecule has 1 heteroatoms. The summed E-state index contributed by atoms with van der Waals surface area (Å²) >= 11 is 0. The molecule has 0 atom stereocenters. The van der Waals surface area contributed by atoms with Crippen molar-refractivity contribution >= 4 is 11.4 Å². The van der Waals surface area contributed by atoms with Gasteiger partial charge in [0, 0.05) is 5.57 Å². The van der Waals surface area contributed by atoms with E-state index in [2.05, 4.69) is 13.8 Å². The van der Waals surface area contributed by atoms with E-state index in [-0.39, 0.29) is 5.78 Å². The molecular weight excluding hydrogens is 208 g/mol. The Hall–Kier alpha value is -1.37. The number of carbonyl (C=O) groups excluding carboxylic acids is 1. The molecule has 0 aromatic heterocycles. The molecule has 92 valence electrons. The van der Waals surface area contributed by atoms with Crippen molar-refractivity contribution in [3.63, 3.8) is 0 Å². The maximum atomic E-state index is 11.9. The molecule has 1 aromatic rings. The quantitative estimate of drug-likeness (QED) is 0.651. The Morgan fingerprint density at radius 3 is 1.94 bits per heavy atom. The van der Waals surface area contributed by atoms with Gasteiger partial charge in [0.15, 0.2) is 5.78 Å². The van der Waals surface area contributed by atoms with E-state index in [1.807, 2.05) is 30.3 Å². The number of carbonyl (C=O) groups is 1. The number of hydrogen-bond acceptors (Lipinski definition) is 1. The van der Waals surface area contributed by atoms with E-state index in [1.165, 1.54) is 5.57 Å². The van der Waals surface area contributed by atoms with Gasteiger partial charge in [0.25, 0.3) is 0 Å². The summed E-state index contributed by atoms with van der Waals surface area (Å²) in [6, 6.07) is 10.0. The van der Waals surface area contributed by atoms with Crippen LogP contribution in [0.4, 0.5) is 0 Å². The third-order valence-electron chi connectivity index (χ3n) is 2.87. The molecule has 1 nitrogen and oxygen atoms in total. The molecule has 1 rings (SSSR count). The highest BCUT2D eigenvalue weighted by Gasteiger charge is 2.12. The first-order valence-corrected chi connectivity index (χ1v) is 6.49. The Kier molecular flexibility index (Phi) is 5.68. The fraction of sp³-hybridized carbons (Fsp3) is 0.438. The summed E-state index contributed by atoms with van der Waals surface area (Å²) in [4.78, 5) is 11.9. The van der Waals surface area contributed by atoms with Crippen LogP contribution in [0.3, 0.4) is 0 Å². The molecular formula is C16H22O. The van der Waals surface area contributed by atoms with E-state index in [4.69, 9.17) is 0 Å². The van der Waals surface area contributed by atoms with Crippen LogP contribution in [-0.4, -0.2) is 5.78 Å². The summed E-state index contributed by atoms with van der Waals surface area (Å²) in [7, 11) is 0. The van der Waals surface area contributed by atoms with Gasteiger partial charge in [0.05, 0.1) is 0 Å². The number of Topliss-reactive ketones (excluding diaryl/α,β-unsaturated/α-hetero) is 1. The molecule has 0 unspecified atom stereocenters. The normalized spacial score (nSPS) is 10.1. The maximum Gasteiger partial charge on any atom is 0.160 e. The van der Waals surface area contributed by atoms with Crippen LogP contribution in [0.2, 0.25) is 0 Å². The van der Waals surface area contributed by atoms with Crippen molar-refractivity contribution in [2.75, 3.05) is 0 Å². The lowest BCUT2D eigenvalue weighted by Gasteiger charge is -2.12. The first-order valence-electron chi connectivity index (χ1n) is 6.49. The van der Waals surface area contributed by atoms with Gasteiger partial charge in [-0.3, -0.25) is 4.79 Å². The first-order chi connectivity index (χ1) is 8.20.